The van der Waals surface area contributed by atoms with E-state index in [-0.39, 0.29) is 12.3 Å². The van der Waals surface area contributed by atoms with Crippen molar-refractivity contribution in [2.24, 2.45) is 0 Å². The fourth-order valence-electron chi connectivity index (χ4n) is 2.85. The molecule has 5 nitrogen and oxygen atoms in total. The molecule has 0 aliphatic carbocycles. The van der Waals surface area contributed by atoms with Gasteiger partial charge in [0.25, 0.3) is 0 Å². The average Bonchev–Trinajstić information content (AvgIpc) is 2.71. The second-order valence-corrected chi connectivity index (χ2v) is 6.02. The maximum absolute atomic E-state index is 11.4. The Balaban J connectivity index is 1.71. The summed E-state index contributed by atoms with van der Waals surface area (Å²) in [7, 11) is 1.58. The Morgan fingerprint density at radius 3 is 2.70 bits per heavy atom. The van der Waals surface area contributed by atoms with Gasteiger partial charge in [-0.1, -0.05) is 48.5 Å². The van der Waals surface area contributed by atoms with Crippen LogP contribution in [0.15, 0.2) is 60.7 Å². The van der Waals surface area contributed by atoms with Crippen LogP contribution in [0.1, 0.15) is 17.5 Å². The summed E-state index contributed by atoms with van der Waals surface area (Å²) in [5.74, 6) is 0.938. The Morgan fingerprint density at radius 2 is 1.89 bits per heavy atom. The highest BCUT2D eigenvalue weighted by Crippen LogP contribution is 2.29. The van der Waals surface area contributed by atoms with Gasteiger partial charge in [-0.3, -0.25) is 4.79 Å². The van der Waals surface area contributed by atoms with E-state index in [2.05, 4.69) is 23.5 Å². The SMILES string of the molecule is COc1cc(CNC(=O)CC#N)ccc1OCc1cccc2ccccc12. The number of hydrogen-bond donors (Lipinski definition) is 1. The van der Waals surface area contributed by atoms with Gasteiger partial charge in [-0.2, -0.15) is 5.26 Å². The third kappa shape index (κ3) is 4.56. The van der Waals surface area contributed by atoms with Gasteiger partial charge < -0.3 is 14.8 Å². The summed E-state index contributed by atoms with van der Waals surface area (Å²) in [6, 6.07) is 21.7. The molecule has 27 heavy (non-hydrogen) atoms. The highest BCUT2D eigenvalue weighted by Gasteiger charge is 2.08. The lowest BCUT2D eigenvalue weighted by atomic mass is 10.1. The molecule has 0 aliphatic heterocycles. The van der Waals surface area contributed by atoms with Crippen molar-refractivity contribution >= 4 is 16.7 Å². The van der Waals surface area contributed by atoms with E-state index in [1.807, 2.05) is 48.5 Å². The highest BCUT2D eigenvalue weighted by atomic mass is 16.5. The van der Waals surface area contributed by atoms with Gasteiger partial charge in [-0.15, -0.1) is 0 Å². The van der Waals surface area contributed by atoms with Crippen molar-refractivity contribution in [2.75, 3.05) is 7.11 Å². The molecular formula is C22H20N2O3. The minimum absolute atomic E-state index is 0.149. The molecule has 0 radical (unpaired) electrons. The predicted molar refractivity (Wildman–Crippen MR) is 103 cm³/mol. The lowest BCUT2D eigenvalue weighted by Crippen LogP contribution is -2.21. The van der Waals surface area contributed by atoms with E-state index in [4.69, 9.17) is 14.7 Å². The fraction of sp³-hybridized carbons (Fsp3) is 0.182. The van der Waals surface area contributed by atoms with Crippen LogP contribution in [0.5, 0.6) is 11.5 Å². The number of amides is 1. The third-order valence-corrected chi connectivity index (χ3v) is 4.22. The lowest BCUT2D eigenvalue weighted by molar-refractivity contribution is -0.120. The molecule has 0 saturated heterocycles. The topological polar surface area (TPSA) is 71.3 Å². The number of nitrogens with zero attached hydrogens (tertiary/aromatic N) is 1. The quantitative estimate of drug-likeness (QED) is 0.692. The molecule has 3 aromatic carbocycles. The Hall–Kier alpha value is -3.52. The maximum Gasteiger partial charge on any atom is 0.234 e. The minimum Gasteiger partial charge on any atom is -0.493 e. The van der Waals surface area contributed by atoms with Crippen LogP contribution in [-0.2, 0) is 17.9 Å². The standard InChI is InChI=1S/C22H20N2O3/c1-26-21-13-16(14-24-22(25)11-12-23)9-10-20(21)27-15-18-7-4-6-17-5-2-3-8-19(17)18/h2-10,13H,11,14-15H2,1H3,(H,24,25). The van der Waals surface area contributed by atoms with E-state index >= 15 is 0 Å². The van der Waals surface area contributed by atoms with Crippen molar-refractivity contribution in [3.05, 3.63) is 71.8 Å². The first kappa shape index (κ1) is 18.3. The Morgan fingerprint density at radius 1 is 1.07 bits per heavy atom. The average molecular weight is 360 g/mol. The molecule has 0 unspecified atom stereocenters. The molecule has 3 rings (SSSR count). The van der Waals surface area contributed by atoms with Crippen LogP contribution in [0.2, 0.25) is 0 Å². The van der Waals surface area contributed by atoms with Crippen molar-refractivity contribution < 1.29 is 14.3 Å². The monoisotopic (exact) mass is 360 g/mol. The van der Waals surface area contributed by atoms with Gasteiger partial charge in [0.05, 0.1) is 13.2 Å². The molecule has 136 valence electrons. The highest BCUT2D eigenvalue weighted by molar-refractivity contribution is 5.85. The second kappa shape index (κ2) is 8.72. The van der Waals surface area contributed by atoms with E-state index in [1.165, 1.54) is 5.39 Å². The lowest BCUT2D eigenvalue weighted by Gasteiger charge is -2.13. The van der Waals surface area contributed by atoms with Crippen LogP contribution in [0.4, 0.5) is 0 Å². The van der Waals surface area contributed by atoms with Crippen molar-refractivity contribution in [1.82, 2.24) is 5.32 Å². The first-order chi connectivity index (χ1) is 13.2. The van der Waals surface area contributed by atoms with E-state index in [1.54, 1.807) is 7.11 Å². The Bertz CT molecular complexity index is 987. The van der Waals surface area contributed by atoms with Crippen molar-refractivity contribution in [3.8, 4) is 17.6 Å². The molecule has 0 atom stereocenters. The van der Waals surface area contributed by atoms with E-state index in [9.17, 15) is 4.79 Å². The van der Waals surface area contributed by atoms with E-state index < -0.39 is 0 Å². The molecule has 0 bridgehead atoms. The molecule has 1 N–H and O–H groups in total. The molecule has 0 spiro atoms. The van der Waals surface area contributed by atoms with Gasteiger partial charge in [0, 0.05) is 6.54 Å². The van der Waals surface area contributed by atoms with Crippen LogP contribution in [0.3, 0.4) is 0 Å². The summed E-state index contributed by atoms with van der Waals surface area (Å²) >= 11 is 0. The van der Waals surface area contributed by atoms with Crippen molar-refractivity contribution in [3.63, 3.8) is 0 Å². The Labute approximate surface area is 158 Å². The summed E-state index contributed by atoms with van der Waals surface area (Å²) in [6.07, 6.45) is -0.149. The van der Waals surface area contributed by atoms with Crippen molar-refractivity contribution in [1.29, 1.82) is 5.26 Å². The minimum atomic E-state index is -0.298. The number of carbonyl (C=O) groups excluding carboxylic acids is 1. The molecule has 0 saturated carbocycles. The molecule has 1 amide bonds. The summed E-state index contributed by atoms with van der Waals surface area (Å²) in [6.45, 7) is 0.760. The molecule has 0 aliphatic rings. The van der Waals surface area contributed by atoms with Crippen LogP contribution in [0, 0.1) is 11.3 Å². The fourth-order valence-corrected chi connectivity index (χ4v) is 2.85. The second-order valence-electron chi connectivity index (χ2n) is 6.02. The first-order valence-electron chi connectivity index (χ1n) is 8.61. The van der Waals surface area contributed by atoms with E-state index in [0.717, 1.165) is 16.5 Å². The number of rotatable bonds is 7. The molecule has 5 heteroatoms. The number of ether oxygens (including phenoxy) is 2. The summed E-state index contributed by atoms with van der Waals surface area (Å²) in [5.41, 5.74) is 1.97. The summed E-state index contributed by atoms with van der Waals surface area (Å²) in [4.78, 5) is 11.4. The number of methoxy groups -OCH3 is 1. The first-order valence-corrected chi connectivity index (χ1v) is 8.61. The van der Waals surface area contributed by atoms with Gasteiger partial charge in [0.1, 0.15) is 13.0 Å². The molecule has 0 heterocycles. The number of nitrogens with one attached hydrogen (secondary N) is 1. The van der Waals surface area contributed by atoms with Gasteiger partial charge in [0.2, 0.25) is 5.91 Å². The maximum atomic E-state index is 11.4. The van der Waals surface area contributed by atoms with Crippen LogP contribution < -0.4 is 14.8 Å². The summed E-state index contributed by atoms with van der Waals surface area (Å²) < 4.78 is 11.4. The number of fused-ring (bicyclic) bond motifs is 1. The molecule has 3 aromatic rings. The molecular weight excluding hydrogens is 340 g/mol. The third-order valence-electron chi connectivity index (χ3n) is 4.22. The van der Waals surface area contributed by atoms with Gasteiger partial charge in [-0.05, 0) is 34.0 Å². The number of carbonyl (C=O) groups is 1. The van der Waals surface area contributed by atoms with Crippen LogP contribution in [-0.4, -0.2) is 13.0 Å². The predicted octanol–water partition coefficient (Wildman–Crippen LogP) is 3.96. The van der Waals surface area contributed by atoms with Crippen molar-refractivity contribution in [2.45, 2.75) is 19.6 Å². The van der Waals surface area contributed by atoms with Gasteiger partial charge in [0.15, 0.2) is 11.5 Å². The molecule has 0 fully saturated rings. The van der Waals surface area contributed by atoms with Crippen LogP contribution >= 0.6 is 0 Å². The van der Waals surface area contributed by atoms with Gasteiger partial charge >= 0.3 is 0 Å². The molecule has 0 aromatic heterocycles. The van der Waals surface area contributed by atoms with Gasteiger partial charge in [-0.25, -0.2) is 0 Å². The van der Waals surface area contributed by atoms with Crippen LogP contribution in [0.25, 0.3) is 10.8 Å². The summed E-state index contributed by atoms with van der Waals surface area (Å²) in [5, 5.41) is 13.6. The zero-order chi connectivity index (χ0) is 19.1. The van der Waals surface area contributed by atoms with E-state index in [0.29, 0.717) is 24.7 Å². The zero-order valence-corrected chi connectivity index (χ0v) is 15.1. The number of benzene rings is 3. The smallest absolute Gasteiger partial charge is 0.234 e. The Kier molecular flexibility index (Phi) is 5.91. The number of hydrogen-bond acceptors (Lipinski definition) is 4. The largest absolute Gasteiger partial charge is 0.493 e. The number of nitriles is 1. The normalized spacial score (nSPS) is 10.2. The zero-order valence-electron chi connectivity index (χ0n) is 15.1.